The molecule has 0 radical (unpaired) electrons. The lowest BCUT2D eigenvalue weighted by molar-refractivity contribution is -0.149. The van der Waals surface area contributed by atoms with Gasteiger partial charge in [0.25, 0.3) is 0 Å². The van der Waals surface area contributed by atoms with E-state index in [1.54, 1.807) is 31.2 Å². The molecular formula is C22H22Cl3NO5. The van der Waals surface area contributed by atoms with E-state index >= 15 is 0 Å². The third-order valence-electron chi connectivity index (χ3n) is 4.93. The first-order chi connectivity index (χ1) is 14.6. The van der Waals surface area contributed by atoms with Gasteiger partial charge < -0.3 is 15.5 Å². The molecule has 6 nitrogen and oxygen atoms in total. The first-order valence-corrected chi connectivity index (χ1v) is 10.6. The van der Waals surface area contributed by atoms with Gasteiger partial charge in [0.1, 0.15) is 0 Å². The molecule has 0 spiro atoms. The molecule has 2 aromatic rings. The molecule has 2 rings (SSSR count). The van der Waals surface area contributed by atoms with Crippen LogP contribution in [0.15, 0.2) is 42.5 Å². The minimum absolute atomic E-state index is 0.206. The van der Waals surface area contributed by atoms with Gasteiger partial charge in [-0.1, -0.05) is 53.0 Å². The summed E-state index contributed by atoms with van der Waals surface area (Å²) in [6.45, 7) is 1.80. The van der Waals surface area contributed by atoms with E-state index in [2.05, 4.69) is 5.32 Å². The average Bonchev–Trinajstić information content (AvgIpc) is 2.68. The van der Waals surface area contributed by atoms with E-state index in [1.807, 2.05) is 18.2 Å². The van der Waals surface area contributed by atoms with Gasteiger partial charge in [0.2, 0.25) is 5.91 Å². The van der Waals surface area contributed by atoms with E-state index in [4.69, 9.17) is 39.9 Å². The van der Waals surface area contributed by atoms with Gasteiger partial charge in [-0.05, 0) is 48.7 Å². The number of aliphatic carboxylic acids is 2. The molecule has 9 heteroatoms. The Kier molecular flexibility index (Phi) is 9.16. The van der Waals surface area contributed by atoms with Crippen LogP contribution in [-0.4, -0.2) is 34.1 Å². The summed E-state index contributed by atoms with van der Waals surface area (Å²) in [5.41, 5.74) is 1.83. The molecule has 3 unspecified atom stereocenters. The fraction of sp³-hybridized carbons (Fsp3) is 0.318. The molecule has 0 fully saturated rings. The smallest absolute Gasteiger partial charge is 0.307 e. The van der Waals surface area contributed by atoms with Crippen LogP contribution in [0.2, 0.25) is 15.1 Å². The number of carbonyl (C=O) groups excluding carboxylic acids is 1. The number of carboxylic acids is 2. The molecule has 2 aromatic carbocycles. The molecular weight excluding hydrogens is 465 g/mol. The quantitative estimate of drug-likeness (QED) is 0.436. The van der Waals surface area contributed by atoms with Gasteiger partial charge in [-0.2, -0.15) is 0 Å². The maximum atomic E-state index is 12.5. The van der Waals surface area contributed by atoms with Crippen molar-refractivity contribution >= 4 is 52.6 Å². The van der Waals surface area contributed by atoms with Gasteiger partial charge in [-0.15, -0.1) is 0 Å². The van der Waals surface area contributed by atoms with E-state index in [-0.39, 0.29) is 5.92 Å². The SMILES string of the molecule is CC(NC(=O)CC(CC(=O)O)C(=O)O)C(Cc1ccc(Cl)cc1)c1ccc(Cl)c(Cl)c1. The molecule has 3 N–H and O–H groups in total. The molecule has 31 heavy (non-hydrogen) atoms. The van der Waals surface area contributed by atoms with Crippen LogP contribution in [0.3, 0.4) is 0 Å². The van der Waals surface area contributed by atoms with E-state index < -0.39 is 42.6 Å². The topological polar surface area (TPSA) is 104 Å². The van der Waals surface area contributed by atoms with Gasteiger partial charge >= 0.3 is 11.9 Å². The lowest BCUT2D eigenvalue weighted by Crippen LogP contribution is -2.39. The minimum Gasteiger partial charge on any atom is -0.481 e. The van der Waals surface area contributed by atoms with Gasteiger partial charge in [0.05, 0.1) is 22.4 Å². The molecule has 0 saturated carbocycles. The van der Waals surface area contributed by atoms with Crippen LogP contribution in [0, 0.1) is 5.92 Å². The maximum Gasteiger partial charge on any atom is 0.307 e. The number of rotatable bonds is 10. The average molecular weight is 487 g/mol. The predicted molar refractivity (Wildman–Crippen MR) is 120 cm³/mol. The summed E-state index contributed by atoms with van der Waals surface area (Å²) in [5, 5.41) is 22.3. The Morgan fingerprint density at radius 3 is 2.13 bits per heavy atom. The lowest BCUT2D eigenvalue weighted by Gasteiger charge is -2.26. The second-order valence-corrected chi connectivity index (χ2v) is 8.55. The number of hydrogen-bond acceptors (Lipinski definition) is 3. The van der Waals surface area contributed by atoms with Gasteiger partial charge in [0, 0.05) is 23.4 Å². The van der Waals surface area contributed by atoms with Crippen molar-refractivity contribution in [3.8, 4) is 0 Å². The van der Waals surface area contributed by atoms with Crippen molar-refractivity contribution in [3.63, 3.8) is 0 Å². The summed E-state index contributed by atoms with van der Waals surface area (Å²) in [6, 6.07) is 12.1. The van der Waals surface area contributed by atoms with E-state index in [1.165, 1.54) is 0 Å². The number of carbonyl (C=O) groups is 3. The molecule has 0 saturated heterocycles. The number of halogens is 3. The predicted octanol–water partition coefficient (Wildman–Crippen LogP) is 5.04. The Morgan fingerprint density at radius 2 is 1.58 bits per heavy atom. The van der Waals surface area contributed by atoms with Crippen LogP contribution in [0.25, 0.3) is 0 Å². The van der Waals surface area contributed by atoms with Crippen LogP contribution in [-0.2, 0) is 20.8 Å². The minimum atomic E-state index is -1.33. The highest BCUT2D eigenvalue weighted by Crippen LogP contribution is 2.31. The zero-order valence-corrected chi connectivity index (χ0v) is 18.9. The zero-order chi connectivity index (χ0) is 23.1. The Bertz CT molecular complexity index is 949. The number of benzene rings is 2. The van der Waals surface area contributed by atoms with Gasteiger partial charge in [0.15, 0.2) is 0 Å². The highest BCUT2D eigenvalue weighted by atomic mass is 35.5. The highest BCUT2D eigenvalue weighted by molar-refractivity contribution is 6.42. The molecule has 0 aliphatic rings. The summed E-state index contributed by atoms with van der Waals surface area (Å²) in [5.74, 6) is -4.65. The van der Waals surface area contributed by atoms with Crippen molar-refractivity contribution in [2.75, 3.05) is 0 Å². The van der Waals surface area contributed by atoms with Crippen molar-refractivity contribution in [1.82, 2.24) is 5.32 Å². The van der Waals surface area contributed by atoms with Crippen LogP contribution in [0.4, 0.5) is 0 Å². The van der Waals surface area contributed by atoms with Crippen molar-refractivity contribution < 1.29 is 24.6 Å². The van der Waals surface area contributed by atoms with E-state index in [0.29, 0.717) is 21.5 Å². The lowest BCUT2D eigenvalue weighted by atomic mass is 9.86. The van der Waals surface area contributed by atoms with Crippen LogP contribution >= 0.6 is 34.8 Å². The van der Waals surface area contributed by atoms with Gasteiger partial charge in [-0.3, -0.25) is 14.4 Å². The van der Waals surface area contributed by atoms with Crippen molar-refractivity contribution in [1.29, 1.82) is 0 Å². The number of amides is 1. The van der Waals surface area contributed by atoms with Crippen LogP contribution in [0.1, 0.15) is 36.8 Å². The fourth-order valence-corrected chi connectivity index (χ4v) is 3.73. The molecule has 0 heterocycles. The molecule has 0 aliphatic heterocycles. The molecule has 1 amide bonds. The summed E-state index contributed by atoms with van der Waals surface area (Å²) in [7, 11) is 0. The normalized spacial score (nSPS) is 13.8. The van der Waals surface area contributed by atoms with Crippen molar-refractivity contribution in [2.24, 2.45) is 5.92 Å². The maximum absolute atomic E-state index is 12.5. The number of hydrogen-bond donors (Lipinski definition) is 3. The highest BCUT2D eigenvalue weighted by Gasteiger charge is 2.27. The van der Waals surface area contributed by atoms with Crippen LogP contribution < -0.4 is 5.32 Å². The summed E-state index contributed by atoms with van der Waals surface area (Å²) in [6.07, 6.45) is -0.507. The molecule has 0 bridgehead atoms. The van der Waals surface area contributed by atoms with Crippen LogP contribution in [0.5, 0.6) is 0 Å². The standard InChI is InChI=1S/C22H22Cl3NO5/c1-12(26-20(27)10-15(22(30)31)11-21(28)29)17(8-13-2-5-16(23)6-3-13)14-4-7-18(24)19(25)9-14/h2-7,9,12,15,17H,8,10-11H2,1H3,(H,26,27)(H,28,29)(H,30,31). The first kappa shape index (κ1) is 25.0. The number of nitrogens with one attached hydrogen (secondary N) is 1. The third-order valence-corrected chi connectivity index (χ3v) is 5.93. The third kappa shape index (κ3) is 7.73. The summed E-state index contributed by atoms with van der Waals surface area (Å²) >= 11 is 18.2. The monoisotopic (exact) mass is 485 g/mol. The largest absolute Gasteiger partial charge is 0.481 e. The fourth-order valence-electron chi connectivity index (χ4n) is 3.30. The molecule has 0 aromatic heterocycles. The molecule has 166 valence electrons. The van der Waals surface area contributed by atoms with E-state index in [9.17, 15) is 19.5 Å². The van der Waals surface area contributed by atoms with E-state index in [0.717, 1.165) is 11.1 Å². The molecule has 0 aliphatic carbocycles. The Balaban J connectivity index is 2.22. The molecule has 3 atom stereocenters. The number of carboxylic acid groups (broad SMARTS) is 2. The van der Waals surface area contributed by atoms with Gasteiger partial charge in [-0.25, -0.2) is 0 Å². The zero-order valence-electron chi connectivity index (χ0n) is 16.6. The van der Waals surface area contributed by atoms with Crippen molar-refractivity contribution in [3.05, 3.63) is 68.7 Å². The second kappa shape index (κ2) is 11.4. The summed E-state index contributed by atoms with van der Waals surface area (Å²) < 4.78 is 0. The Labute approximate surface area is 195 Å². The Morgan fingerprint density at radius 1 is 0.935 bits per heavy atom. The summed E-state index contributed by atoms with van der Waals surface area (Å²) in [4.78, 5) is 34.6. The first-order valence-electron chi connectivity index (χ1n) is 9.50. The second-order valence-electron chi connectivity index (χ2n) is 7.30. The van der Waals surface area contributed by atoms with Crippen molar-refractivity contribution in [2.45, 2.75) is 38.1 Å². The Hall–Kier alpha value is -2.28.